The van der Waals surface area contributed by atoms with Gasteiger partial charge in [-0.3, -0.25) is 14.1 Å². The maximum Gasteiger partial charge on any atom is 0.267 e. The van der Waals surface area contributed by atoms with E-state index >= 15 is 0 Å². The molecule has 11 nitrogen and oxygen atoms in total. The quantitative estimate of drug-likeness (QED) is 0.133. The maximum absolute atomic E-state index is 5.24. The number of rotatable bonds is 9. The van der Waals surface area contributed by atoms with Crippen LogP contribution in [0.4, 0.5) is 0 Å². The molecular formula is C42H36IrN7O4-3. The first-order chi connectivity index (χ1) is 26.1. The minimum absolute atomic E-state index is 0. The molecule has 0 unspecified atom stereocenters. The largest absolute Gasteiger partial charge is 0.574 e. The molecule has 0 atom stereocenters. The zero-order valence-corrected chi connectivity index (χ0v) is 32.3. The second-order valence-corrected chi connectivity index (χ2v) is 11.0. The third kappa shape index (κ3) is 10.1. The minimum atomic E-state index is 0. The van der Waals surface area contributed by atoms with E-state index in [1.165, 1.54) is 0 Å². The van der Waals surface area contributed by atoms with Gasteiger partial charge >= 0.3 is 0 Å². The summed E-state index contributed by atoms with van der Waals surface area (Å²) in [6.07, 6.45) is 17.6. The predicted octanol–water partition coefficient (Wildman–Crippen LogP) is 5.84. The first kappa shape index (κ1) is 38.7. The van der Waals surface area contributed by atoms with Crippen molar-refractivity contribution in [3.05, 3.63) is 171 Å². The molecule has 0 amide bonds. The number of aromatic nitrogens is 7. The van der Waals surface area contributed by atoms with Crippen LogP contribution < -0.4 is 33.2 Å². The number of pyridine rings is 1. The Morgan fingerprint density at radius 2 is 1.09 bits per heavy atom. The Labute approximate surface area is 328 Å². The van der Waals surface area contributed by atoms with Crippen LogP contribution in [0.15, 0.2) is 146 Å². The third-order valence-corrected chi connectivity index (χ3v) is 7.72. The van der Waals surface area contributed by atoms with E-state index in [4.69, 9.17) is 18.9 Å². The topological polar surface area (TPSA) is 94.4 Å². The summed E-state index contributed by atoms with van der Waals surface area (Å²) in [5.74, 6) is 3.21. The second kappa shape index (κ2) is 19.4. The maximum atomic E-state index is 5.24. The van der Waals surface area contributed by atoms with Gasteiger partial charge < -0.3 is 38.3 Å². The molecule has 4 aromatic carbocycles. The van der Waals surface area contributed by atoms with Gasteiger partial charge in [0.25, 0.3) is 12.7 Å². The summed E-state index contributed by atoms with van der Waals surface area (Å²) >= 11 is 0. The van der Waals surface area contributed by atoms with Crippen LogP contribution in [0.3, 0.4) is 0 Å². The van der Waals surface area contributed by atoms with Gasteiger partial charge in [0, 0.05) is 74.5 Å². The molecule has 0 spiro atoms. The second-order valence-electron chi connectivity index (χ2n) is 11.0. The van der Waals surface area contributed by atoms with Crippen LogP contribution in [0.5, 0.6) is 23.0 Å². The van der Waals surface area contributed by atoms with Crippen molar-refractivity contribution in [2.75, 3.05) is 28.4 Å². The molecule has 4 heterocycles. The fraction of sp³-hybridized carbons (Fsp3) is 0.0952. The van der Waals surface area contributed by atoms with E-state index in [1.807, 2.05) is 152 Å². The third-order valence-electron chi connectivity index (χ3n) is 7.72. The van der Waals surface area contributed by atoms with Crippen molar-refractivity contribution in [1.82, 2.24) is 24.3 Å². The van der Waals surface area contributed by atoms with E-state index in [1.54, 1.807) is 40.8 Å². The molecule has 1 radical (unpaired) electrons. The van der Waals surface area contributed by atoms with Gasteiger partial charge in [0.2, 0.25) is 0 Å². The molecule has 12 heteroatoms. The van der Waals surface area contributed by atoms with Crippen LogP contribution in [0, 0.1) is 24.8 Å². The predicted molar refractivity (Wildman–Crippen MR) is 197 cm³/mol. The molecule has 0 saturated carbocycles. The summed E-state index contributed by atoms with van der Waals surface area (Å²) in [5, 5.41) is 7.58. The van der Waals surface area contributed by atoms with E-state index in [-0.39, 0.29) is 20.1 Å². The van der Waals surface area contributed by atoms with E-state index < -0.39 is 0 Å². The monoisotopic (exact) mass is 895 g/mol. The van der Waals surface area contributed by atoms with Crippen LogP contribution in [0.25, 0.3) is 34.1 Å². The molecule has 4 aromatic heterocycles. The van der Waals surface area contributed by atoms with Gasteiger partial charge in [-0.25, -0.2) is 0 Å². The molecule has 0 fully saturated rings. The number of benzene rings is 4. The van der Waals surface area contributed by atoms with E-state index in [0.717, 1.165) is 57.1 Å². The fourth-order valence-electron chi connectivity index (χ4n) is 4.99. The number of ether oxygens (including phenoxy) is 4. The molecule has 54 heavy (non-hydrogen) atoms. The normalized spacial score (nSPS) is 10.1. The zero-order valence-electron chi connectivity index (χ0n) is 30.0. The molecule has 275 valence electrons. The van der Waals surface area contributed by atoms with Gasteiger partial charge in [-0.1, -0.05) is 30.0 Å². The first-order valence-electron chi connectivity index (χ1n) is 16.4. The van der Waals surface area contributed by atoms with E-state index in [2.05, 4.69) is 40.0 Å². The smallest absolute Gasteiger partial charge is 0.267 e. The summed E-state index contributed by atoms with van der Waals surface area (Å²) in [5.41, 5.74) is 5.40. The molecule has 0 N–H and O–H groups in total. The van der Waals surface area contributed by atoms with Gasteiger partial charge in [0.1, 0.15) is 11.5 Å². The van der Waals surface area contributed by atoms with E-state index in [0.29, 0.717) is 0 Å². The van der Waals surface area contributed by atoms with Crippen LogP contribution in [0.2, 0.25) is 0 Å². The Balaban J connectivity index is 0.000000162. The Hall–Kier alpha value is -6.49. The number of hydrogen-bond acceptors (Lipinski definition) is 6. The standard InChI is InChI=1S/2C17H15N2O2.C8H6N3.Ir/c2*1-20-16-7-3-5-14(11-16)18-9-10-19(13-18)15-6-4-8-17(12-15)21-2;1-2-5-9-7(3-1)8-4-6-10-11-8;/h2*3-5,7-12H,1-2H3;1-6H;/q3*-1;. The van der Waals surface area contributed by atoms with E-state index in [9.17, 15) is 0 Å². The Morgan fingerprint density at radius 1 is 0.574 bits per heavy atom. The Bertz CT molecular complexity index is 2070. The molecule has 0 aliphatic carbocycles. The van der Waals surface area contributed by atoms with Gasteiger partial charge in [-0.05, 0) is 59.9 Å². The summed E-state index contributed by atoms with van der Waals surface area (Å²) in [4.78, 5) is 4.12. The number of hydrogen-bond donors (Lipinski definition) is 0. The summed E-state index contributed by atoms with van der Waals surface area (Å²) in [6.45, 7) is 0. The fourth-order valence-corrected chi connectivity index (χ4v) is 4.99. The molecule has 0 saturated heterocycles. The number of methoxy groups -OCH3 is 4. The Morgan fingerprint density at radius 3 is 1.54 bits per heavy atom. The number of nitrogens with zero attached hydrogens (tertiary/aromatic N) is 7. The molecular weight excluding hydrogens is 859 g/mol. The Kier molecular flexibility index (Phi) is 13.9. The first-order valence-corrected chi connectivity index (χ1v) is 16.4. The van der Waals surface area contributed by atoms with Crippen molar-refractivity contribution < 1.29 is 48.2 Å². The van der Waals surface area contributed by atoms with Gasteiger partial charge in [0.15, 0.2) is 0 Å². The molecule has 0 aliphatic heterocycles. The van der Waals surface area contributed by atoms with Gasteiger partial charge in [0.05, 0.1) is 39.8 Å². The van der Waals surface area contributed by atoms with Crippen molar-refractivity contribution in [3.8, 4) is 57.1 Å². The summed E-state index contributed by atoms with van der Waals surface area (Å²) < 4.78 is 28.5. The summed E-state index contributed by atoms with van der Waals surface area (Å²) in [6, 6.07) is 40.7. The summed E-state index contributed by atoms with van der Waals surface area (Å²) in [7, 11) is 6.61. The van der Waals surface area contributed by atoms with Crippen molar-refractivity contribution >= 4 is 0 Å². The van der Waals surface area contributed by atoms with Crippen LogP contribution >= 0.6 is 0 Å². The van der Waals surface area contributed by atoms with Crippen LogP contribution in [-0.2, 0) is 20.1 Å². The van der Waals surface area contributed by atoms with Crippen LogP contribution in [-0.4, -0.2) is 47.7 Å². The van der Waals surface area contributed by atoms with Gasteiger partial charge in [-0.2, -0.15) is 24.3 Å². The van der Waals surface area contributed by atoms with Crippen molar-refractivity contribution in [2.24, 2.45) is 0 Å². The zero-order chi connectivity index (χ0) is 36.8. The number of imidazole rings is 2. The van der Waals surface area contributed by atoms with Crippen molar-refractivity contribution in [1.29, 1.82) is 0 Å². The minimum Gasteiger partial charge on any atom is -0.574 e. The molecule has 8 rings (SSSR count). The van der Waals surface area contributed by atoms with Gasteiger partial charge in [-0.15, -0.1) is 24.3 Å². The van der Waals surface area contributed by atoms with Crippen molar-refractivity contribution in [2.45, 2.75) is 0 Å². The molecule has 0 bridgehead atoms. The molecule has 8 aromatic rings. The average Bonchev–Trinajstić information content (AvgIpc) is 4.06. The average molecular weight is 895 g/mol. The SMILES string of the molecule is COc1cc[c-]c(-n2[c-][n+](-c3cccc(OC)c3)cc2)c1.COc1cc[c-]c(-n2[c-][n+](-c3cccc(OC)c3)cc2)c1.[Ir].c1ccc(-c2ccn[n-]2)nc1. The van der Waals surface area contributed by atoms with Crippen molar-refractivity contribution in [3.63, 3.8) is 0 Å². The van der Waals surface area contributed by atoms with Crippen LogP contribution in [0.1, 0.15) is 0 Å². The molecule has 0 aliphatic rings.